The number of ketones is 1. The van der Waals surface area contributed by atoms with Gasteiger partial charge in [0.05, 0.1) is 4.90 Å². The second kappa shape index (κ2) is 8.79. The van der Waals surface area contributed by atoms with Crippen molar-refractivity contribution < 1.29 is 22.5 Å². The Bertz CT molecular complexity index is 534. The van der Waals surface area contributed by atoms with Gasteiger partial charge in [0.1, 0.15) is 12.4 Å². The fraction of sp³-hybridized carbons (Fsp3) is 0.533. The van der Waals surface area contributed by atoms with E-state index in [9.17, 15) is 13.2 Å². The molecule has 6 heteroatoms. The highest BCUT2D eigenvalue weighted by atomic mass is 32.2. The minimum absolute atomic E-state index is 0.0149. The van der Waals surface area contributed by atoms with Gasteiger partial charge in [0.15, 0.2) is 5.78 Å². The summed E-state index contributed by atoms with van der Waals surface area (Å²) in [5.74, 6) is 0.437. The molecule has 0 fully saturated rings. The van der Waals surface area contributed by atoms with Crippen molar-refractivity contribution in [1.82, 2.24) is 0 Å². The van der Waals surface area contributed by atoms with Crippen molar-refractivity contribution in [1.29, 1.82) is 0 Å². The van der Waals surface area contributed by atoms with Gasteiger partial charge >= 0.3 is 0 Å². The Balaban J connectivity index is 2.30. The van der Waals surface area contributed by atoms with E-state index in [2.05, 4.69) is 6.92 Å². The van der Waals surface area contributed by atoms with Crippen LogP contribution in [0.4, 0.5) is 0 Å². The maximum atomic E-state index is 11.6. The van der Waals surface area contributed by atoms with Crippen molar-refractivity contribution >= 4 is 15.9 Å². The molecule has 0 radical (unpaired) electrons. The Labute approximate surface area is 126 Å². The number of benzene rings is 1. The van der Waals surface area contributed by atoms with Crippen LogP contribution in [-0.2, 0) is 14.9 Å². The summed E-state index contributed by atoms with van der Waals surface area (Å²) in [4.78, 5) is 11.4. The monoisotopic (exact) mass is 314 g/mol. The van der Waals surface area contributed by atoms with Gasteiger partial charge in [0.2, 0.25) is 0 Å². The lowest BCUT2D eigenvalue weighted by Crippen LogP contribution is -2.11. The molecular formula is C15H22O5S. The van der Waals surface area contributed by atoms with Gasteiger partial charge in [0, 0.05) is 6.42 Å². The normalized spacial score (nSPS) is 11.3. The molecule has 21 heavy (non-hydrogen) atoms. The molecule has 5 nitrogen and oxygen atoms in total. The van der Waals surface area contributed by atoms with E-state index in [1.807, 2.05) is 0 Å². The van der Waals surface area contributed by atoms with Gasteiger partial charge in [-0.05, 0) is 30.7 Å². The van der Waals surface area contributed by atoms with E-state index in [0.29, 0.717) is 12.2 Å². The van der Waals surface area contributed by atoms with Crippen LogP contribution in [0.1, 0.15) is 45.4 Å². The Hall–Kier alpha value is -1.40. The van der Waals surface area contributed by atoms with Gasteiger partial charge < -0.3 is 4.74 Å². The highest BCUT2D eigenvalue weighted by Crippen LogP contribution is 2.16. The Morgan fingerprint density at radius 1 is 1.10 bits per heavy atom. The van der Waals surface area contributed by atoms with E-state index >= 15 is 0 Å². The minimum Gasteiger partial charge on any atom is -0.486 e. The summed E-state index contributed by atoms with van der Waals surface area (Å²) in [6.45, 7) is 2.13. The number of ether oxygens (including phenoxy) is 1. The van der Waals surface area contributed by atoms with Gasteiger partial charge in [-0.2, -0.15) is 8.42 Å². The van der Waals surface area contributed by atoms with Crippen molar-refractivity contribution in [3.63, 3.8) is 0 Å². The highest BCUT2D eigenvalue weighted by Gasteiger charge is 2.09. The number of hydrogen-bond donors (Lipinski definition) is 1. The van der Waals surface area contributed by atoms with Crippen molar-refractivity contribution in [3.05, 3.63) is 24.3 Å². The van der Waals surface area contributed by atoms with Crippen molar-refractivity contribution in [2.45, 2.75) is 50.3 Å². The first-order chi connectivity index (χ1) is 9.93. The standard InChI is InChI=1S/C15H22O5S/c1-2-3-4-5-6-7-13(16)12-20-14-8-10-15(11-9-14)21(17,18)19/h8-11H,2-7,12H2,1H3,(H,17,18,19). The number of rotatable bonds is 10. The van der Waals surface area contributed by atoms with E-state index in [1.54, 1.807) is 0 Å². The maximum Gasteiger partial charge on any atom is 0.294 e. The summed E-state index contributed by atoms with van der Waals surface area (Å²) < 4.78 is 35.8. The van der Waals surface area contributed by atoms with Gasteiger partial charge in [-0.25, -0.2) is 0 Å². The van der Waals surface area contributed by atoms with Crippen molar-refractivity contribution in [2.24, 2.45) is 0 Å². The molecule has 0 unspecified atom stereocenters. The van der Waals surface area contributed by atoms with Crippen LogP contribution in [0.2, 0.25) is 0 Å². The molecule has 0 amide bonds. The molecule has 0 saturated carbocycles. The van der Waals surface area contributed by atoms with Crippen LogP contribution in [0.15, 0.2) is 29.2 Å². The lowest BCUT2D eigenvalue weighted by atomic mass is 10.1. The van der Waals surface area contributed by atoms with Crippen LogP contribution < -0.4 is 4.74 Å². The molecule has 0 bridgehead atoms. The molecule has 0 saturated heterocycles. The summed E-state index contributed by atoms with van der Waals surface area (Å²) in [7, 11) is -4.19. The number of carbonyl (C=O) groups excluding carboxylic acids is 1. The average Bonchev–Trinajstić information content (AvgIpc) is 2.44. The smallest absolute Gasteiger partial charge is 0.294 e. The third-order valence-corrected chi connectivity index (χ3v) is 3.95. The van der Waals surface area contributed by atoms with Crippen molar-refractivity contribution in [3.8, 4) is 5.75 Å². The number of carbonyl (C=O) groups is 1. The summed E-state index contributed by atoms with van der Waals surface area (Å²) in [5, 5.41) is 0. The third-order valence-electron chi connectivity index (χ3n) is 3.08. The first-order valence-corrected chi connectivity index (χ1v) is 8.59. The van der Waals surface area contributed by atoms with E-state index < -0.39 is 10.1 Å². The molecule has 0 aliphatic rings. The molecule has 1 aromatic rings. The molecule has 118 valence electrons. The fourth-order valence-corrected chi connectivity index (χ4v) is 2.35. The molecule has 0 atom stereocenters. The highest BCUT2D eigenvalue weighted by molar-refractivity contribution is 7.85. The molecule has 0 heterocycles. The number of Topliss-reactive ketones (excluding diaryl/α,β-unsaturated/α-hetero) is 1. The second-order valence-corrected chi connectivity index (χ2v) is 6.36. The molecule has 0 aliphatic carbocycles. The lowest BCUT2D eigenvalue weighted by Gasteiger charge is -2.06. The maximum absolute atomic E-state index is 11.6. The van der Waals surface area contributed by atoms with Crippen molar-refractivity contribution in [2.75, 3.05) is 6.61 Å². The predicted molar refractivity (Wildman–Crippen MR) is 80.1 cm³/mol. The zero-order valence-electron chi connectivity index (χ0n) is 12.2. The van der Waals surface area contributed by atoms with Crippen LogP contribution in [0.5, 0.6) is 5.75 Å². The van der Waals surface area contributed by atoms with Crippen LogP contribution in [0.25, 0.3) is 0 Å². The molecule has 0 spiro atoms. The molecule has 0 aliphatic heterocycles. The number of unbranched alkanes of at least 4 members (excludes halogenated alkanes) is 4. The van der Waals surface area contributed by atoms with Crippen LogP contribution in [0, 0.1) is 0 Å². The second-order valence-electron chi connectivity index (χ2n) is 4.94. The van der Waals surface area contributed by atoms with Crippen LogP contribution in [-0.4, -0.2) is 25.4 Å². The molecule has 0 aromatic heterocycles. The molecule has 1 rings (SSSR count). The molecule has 1 aromatic carbocycles. The van der Waals surface area contributed by atoms with E-state index in [1.165, 1.54) is 37.1 Å². The summed E-state index contributed by atoms with van der Waals surface area (Å²) in [5.41, 5.74) is 0. The summed E-state index contributed by atoms with van der Waals surface area (Å²) in [6.07, 6.45) is 5.97. The Morgan fingerprint density at radius 2 is 1.71 bits per heavy atom. The van der Waals surface area contributed by atoms with Gasteiger partial charge in [-0.1, -0.05) is 32.6 Å². The topological polar surface area (TPSA) is 80.7 Å². The Kier molecular flexibility index (Phi) is 7.39. The zero-order chi connectivity index (χ0) is 15.7. The first-order valence-electron chi connectivity index (χ1n) is 7.15. The summed E-state index contributed by atoms with van der Waals surface area (Å²) >= 11 is 0. The van der Waals surface area contributed by atoms with Gasteiger partial charge in [-0.3, -0.25) is 9.35 Å². The lowest BCUT2D eigenvalue weighted by molar-refractivity contribution is -0.121. The summed E-state index contributed by atoms with van der Waals surface area (Å²) in [6, 6.07) is 5.30. The molecular weight excluding hydrogens is 292 g/mol. The van der Waals surface area contributed by atoms with Gasteiger partial charge in [-0.15, -0.1) is 0 Å². The minimum atomic E-state index is -4.19. The average molecular weight is 314 g/mol. The van der Waals surface area contributed by atoms with E-state index in [4.69, 9.17) is 9.29 Å². The SMILES string of the molecule is CCCCCCCC(=O)COc1ccc(S(=O)(=O)O)cc1. The predicted octanol–water partition coefficient (Wildman–Crippen LogP) is 3.24. The van der Waals surface area contributed by atoms with E-state index in [0.717, 1.165) is 19.3 Å². The quantitative estimate of drug-likeness (QED) is 0.529. The number of hydrogen-bond acceptors (Lipinski definition) is 4. The Morgan fingerprint density at radius 3 is 2.29 bits per heavy atom. The zero-order valence-corrected chi connectivity index (χ0v) is 13.1. The van der Waals surface area contributed by atoms with Gasteiger partial charge in [0.25, 0.3) is 10.1 Å². The third kappa shape index (κ3) is 7.24. The largest absolute Gasteiger partial charge is 0.486 e. The molecule has 1 N–H and O–H groups in total. The van der Waals surface area contributed by atoms with E-state index in [-0.39, 0.29) is 17.3 Å². The van der Waals surface area contributed by atoms with Crippen LogP contribution in [0.3, 0.4) is 0 Å². The van der Waals surface area contributed by atoms with Crippen LogP contribution >= 0.6 is 0 Å². The first kappa shape index (κ1) is 17.7. The fourth-order valence-electron chi connectivity index (χ4n) is 1.87.